The highest BCUT2D eigenvalue weighted by Crippen LogP contribution is 2.19. The van der Waals surface area contributed by atoms with Gasteiger partial charge in [0, 0.05) is 18.6 Å². The predicted octanol–water partition coefficient (Wildman–Crippen LogP) is 2.14. The van der Waals surface area contributed by atoms with Gasteiger partial charge in [0.15, 0.2) is 0 Å². The monoisotopic (exact) mass is 297 g/mol. The third-order valence-electron chi connectivity index (χ3n) is 3.86. The first-order chi connectivity index (χ1) is 10.6. The van der Waals surface area contributed by atoms with Gasteiger partial charge in [-0.25, -0.2) is 0 Å². The summed E-state index contributed by atoms with van der Waals surface area (Å²) in [5, 5.41) is 2.89. The van der Waals surface area contributed by atoms with Crippen LogP contribution in [0.5, 0.6) is 0 Å². The molecule has 0 aliphatic rings. The van der Waals surface area contributed by atoms with Gasteiger partial charge in [0.25, 0.3) is 0 Å². The summed E-state index contributed by atoms with van der Waals surface area (Å²) < 4.78 is 0. The van der Waals surface area contributed by atoms with E-state index in [1.54, 1.807) is 0 Å². The minimum atomic E-state index is -0.325. The Morgan fingerprint density at radius 3 is 2.00 bits per heavy atom. The molecule has 5 N–H and O–H groups in total. The normalized spacial score (nSPS) is 14.9. The van der Waals surface area contributed by atoms with E-state index in [2.05, 4.69) is 5.32 Å². The van der Waals surface area contributed by atoms with Crippen LogP contribution in [0.4, 0.5) is 0 Å². The van der Waals surface area contributed by atoms with E-state index in [0.717, 1.165) is 11.1 Å². The van der Waals surface area contributed by atoms with Gasteiger partial charge in [-0.1, -0.05) is 67.6 Å². The van der Waals surface area contributed by atoms with Crippen molar-refractivity contribution >= 4 is 5.91 Å². The Bertz CT molecular complexity index is 586. The van der Waals surface area contributed by atoms with Gasteiger partial charge in [-0.15, -0.1) is 0 Å². The molecule has 0 bridgehead atoms. The summed E-state index contributed by atoms with van der Waals surface area (Å²) in [5.41, 5.74) is 14.2. The van der Waals surface area contributed by atoms with Crippen molar-refractivity contribution in [1.82, 2.24) is 5.32 Å². The van der Waals surface area contributed by atoms with E-state index in [1.807, 2.05) is 67.6 Å². The van der Waals surface area contributed by atoms with Crippen LogP contribution in [-0.2, 0) is 4.79 Å². The predicted molar refractivity (Wildman–Crippen MR) is 88.9 cm³/mol. The lowest BCUT2D eigenvalue weighted by molar-refractivity contribution is -0.125. The quantitative estimate of drug-likeness (QED) is 0.764. The van der Waals surface area contributed by atoms with Crippen LogP contribution in [0.15, 0.2) is 60.7 Å². The maximum atomic E-state index is 12.2. The van der Waals surface area contributed by atoms with Gasteiger partial charge in [0.2, 0.25) is 5.91 Å². The molecule has 1 amide bonds. The molecule has 2 aromatic rings. The Hall–Kier alpha value is -2.17. The van der Waals surface area contributed by atoms with Crippen LogP contribution >= 0.6 is 0 Å². The highest BCUT2D eigenvalue weighted by Gasteiger charge is 2.22. The molecule has 0 fully saturated rings. The smallest absolute Gasteiger partial charge is 0.224 e. The molecular weight excluding hydrogens is 274 g/mol. The molecule has 116 valence electrons. The van der Waals surface area contributed by atoms with E-state index < -0.39 is 0 Å². The van der Waals surface area contributed by atoms with Crippen molar-refractivity contribution < 1.29 is 4.79 Å². The second-order valence-corrected chi connectivity index (χ2v) is 5.49. The second-order valence-electron chi connectivity index (χ2n) is 5.49. The maximum absolute atomic E-state index is 12.2. The molecule has 0 heterocycles. The van der Waals surface area contributed by atoms with Crippen molar-refractivity contribution in [1.29, 1.82) is 0 Å². The number of carbonyl (C=O) groups excluding carboxylic acids is 1. The number of benzene rings is 2. The number of hydrogen-bond donors (Lipinski definition) is 3. The third kappa shape index (κ3) is 4.16. The van der Waals surface area contributed by atoms with Gasteiger partial charge in [-0.3, -0.25) is 4.79 Å². The van der Waals surface area contributed by atoms with Gasteiger partial charge < -0.3 is 16.8 Å². The molecule has 3 atom stereocenters. The van der Waals surface area contributed by atoms with Crippen LogP contribution in [0, 0.1) is 5.92 Å². The molecule has 0 spiro atoms. The zero-order valence-corrected chi connectivity index (χ0v) is 12.8. The van der Waals surface area contributed by atoms with Gasteiger partial charge in [-0.05, 0) is 11.1 Å². The first-order valence-corrected chi connectivity index (χ1v) is 7.48. The van der Waals surface area contributed by atoms with Gasteiger partial charge in [0.1, 0.15) is 0 Å². The number of rotatable bonds is 6. The SMILES string of the molecule is CC(C(=O)NCC(N)c1ccccc1)C(N)c1ccccc1. The van der Waals surface area contributed by atoms with Crippen LogP contribution in [0.25, 0.3) is 0 Å². The zero-order valence-electron chi connectivity index (χ0n) is 12.8. The summed E-state index contributed by atoms with van der Waals surface area (Å²) in [6, 6.07) is 18.8. The highest BCUT2D eigenvalue weighted by atomic mass is 16.1. The summed E-state index contributed by atoms with van der Waals surface area (Å²) >= 11 is 0. The molecule has 0 aliphatic carbocycles. The van der Waals surface area contributed by atoms with Crippen LogP contribution in [0.2, 0.25) is 0 Å². The lowest BCUT2D eigenvalue weighted by Crippen LogP contribution is -2.39. The Labute approximate surface area is 131 Å². The fourth-order valence-corrected chi connectivity index (χ4v) is 2.32. The molecule has 2 rings (SSSR count). The Kier molecular flexibility index (Phi) is 5.69. The molecular formula is C18H23N3O. The maximum Gasteiger partial charge on any atom is 0.224 e. The number of carbonyl (C=O) groups is 1. The molecule has 3 unspecified atom stereocenters. The lowest BCUT2D eigenvalue weighted by Gasteiger charge is -2.21. The molecule has 0 saturated carbocycles. The first-order valence-electron chi connectivity index (χ1n) is 7.48. The van der Waals surface area contributed by atoms with Crippen molar-refractivity contribution in [3.8, 4) is 0 Å². The van der Waals surface area contributed by atoms with Crippen LogP contribution in [-0.4, -0.2) is 12.5 Å². The second kappa shape index (κ2) is 7.73. The summed E-state index contributed by atoms with van der Waals surface area (Å²) in [5.74, 6) is -0.395. The van der Waals surface area contributed by atoms with Crippen molar-refractivity contribution in [2.75, 3.05) is 6.54 Å². The number of nitrogens with two attached hydrogens (primary N) is 2. The Balaban J connectivity index is 1.89. The van der Waals surface area contributed by atoms with Crippen molar-refractivity contribution in [3.63, 3.8) is 0 Å². The fourth-order valence-electron chi connectivity index (χ4n) is 2.32. The zero-order chi connectivity index (χ0) is 15.9. The molecule has 0 aliphatic heterocycles. The van der Waals surface area contributed by atoms with Gasteiger partial charge >= 0.3 is 0 Å². The van der Waals surface area contributed by atoms with E-state index in [4.69, 9.17) is 11.5 Å². The van der Waals surface area contributed by atoms with Gasteiger partial charge in [0.05, 0.1) is 5.92 Å². The molecule has 22 heavy (non-hydrogen) atoms. The van der Waals surface area contributed by atoms with E-state index in [9.17, 15) is 4.79 Å². The molecule has 4 heteroatoms. The number of nitrogens with one attached hydrogen (secondary N) is 1. The van der Waals surface area contributed by atoms with Crippen LogP contribution < -0.4 is 16.8 Å². The Morgan fingerprint density at radius 2 is 1.45 bits per heavy atom. The summed E-state index contributed by atoms with van der Waals surface area (Å²) in [6.45, 7) is 2.23. The van der Waals surface area contributed by atoms with E-state index in [-0.39, 0.29) is 23.9 Å². The van der Waals surface area contributed by atoms with E-state index in [1.165, 1.54) is 0 Å². The summed E-state index contributed by atoms with van der Waals surface area (Å²) in [4.78, 5) is 12.2. The minimum Gasteiger partial charge on any atom is -0.354 e. The highest BCUT2D eigenvalue weighted by molar-refractivity contribution is 5.79. The summed E-state index contributed by atoms with van der Waals surface area (Å²) in [6.07, 6.45) is 0. The molecule has 2 aromatic carbocycles. The number of hydrogen-bond acceptors (Lipinski definition) is 3. The van der Waals surface area contributed by atoms with Crippen LogP contribution in [0.3, 0.4) is 0 Å². The summed E-state index contributed by atoms with van der Waals surface area (Å²) in [7, 11) is 0. The van der Waals surface area contributed by atoms with Crippen molar-refractivity contribution in [2.45, 2.75) is 19.0 Å². The lowest BCUT2D eigenvalue weighted by atomic mass is 9.94. The average Bonchev–Trinajstić information content (AvgIpc) is 2.59. The standard InChI is InChI=1S/C18H23N3O/c1-13(17(20)15-10-6-3-7-11-15)18(22)21-12-16(19)14-8-4-2-5-9-14/h2-11,13,16-17H,12,19-20H2,1H3,(H,21,22). The number of amides is 1. The minimum absolute atomic E-state index is 0.0808. The largest absolute Gasteiger partial charge is 0.354 e. The Morgan fingerprint density at radius 1 is 0.955 bits per heavy atom. The van der Waals surface area contributed by atoms with E-state index >= 15 is 0 Å². The molecule has 0 aromatic heterocycles. The molecule has 0 radical (unpaired) electrons. The van der Waals surface area contributed by atoms with Crippen molar-refractivity contribution in [3.05, 3.63) is 71.8 Å². The van der Waals surface area contributed by atoms with E-state index in [0.29, 0.717) is 6.54 Å². The molecule has 0 saturated heterocycles. The third-order valence-corrected chi connectivity index (χ3v) is 3.86. The van der Waals surface area contributed by atoms with Gasteiger partial charge in [-0.2, -0.15) is 0 Å². The topological polar surface area (TPSA) is 81.1 Å². The molecule has 4 nitrogen and oxygen atoms in total. The van der Waals surface area contributed by atoms with Crippen LogP contribution in [0.1, 0.15) is 30.1 Å². The van der Waals surface area contributed by atoms with Crippen molar-refractivity contribution in [2.24, 2.45) is 17.4 Å². The average molecular weight is 297 g/mol. The fraction of sp³-hybridized carbons (Fsp3) is 0.278. The first kappa shape index (κ1) is 16.2.